The van der Waals surface area contributed by atoms with E-state index in [-0.39, 0.29) is 11.1 Å². The summed E-state index contributed by atoms with van der Waals surface area (Å²) in [6.07, 6.45) is -2.57. The molecule has 0 aliphatic rings. The molecule has 0 bridgehead atoms. The molecule has 0 saturated carbocycles. The fraction of sp³-hybridized carbons (Fsp3) is 0.0625. The van der Waals surface area contributed by atoms with E-state index in [2.05, 4.69) is 15.3 Å². The van der Waals surface area contributed by atoms with E-state index in [1.165, 1.54) is 0 Å². The molecular weight excluding hydrogens is 371 g/mol. The number of aromatic carboxylic acids is 1. The van der Waals surface area contributed by atoms with Gasteiger partial charge in [-0.15, -0.1) is 0 Å². The van der Waals surface area contributed by atoms with Crippen molar-refractivity contribution in [3.8, 4) is 0 Å². The van der Waals surface area contributed by atoms with Gasteiger partial charge in [0.15, 0.2) is 11.4 Å². The molecule has 2 aromatic heterocycles. The van der Waals surface area contributed by atoms with Crippen LogP contribution in [0.2, 0.25) is 0 Å². The highest BCUT2D eigenvalue weighted by molar-refractivity contribution is 6.08. The van der Waals surface area contributed by atoms with E-state index >= 15 is 0 Å². The molecule has 0 atom stereocenters. The molecular formula is C16H8F3N3O5. The summed E-state index contributed by atoms with van der Waals surface area (Å²) in [5.41, 5.74) is -3.89. The topological polar surface area (TPSA) is 122 Å². The summed E-state index contributed by atoms with van der Waals surface area (Å²) in [7, 11) is 0. The van der Waals surface area contributed by atoms with Crippen LogP contribution in [0.1, 0.15) is 26.5 Å². The lowest BCUT2D eigenvalue weighted by Crippen LogP contribution is -2.19. The van der Waals surface area contributed by atoms with Crippen molar-refractivity contribution in [1.29, 1.82) is 0 Å². The van der Waals surface area contributed by atoms with Crippen LogP contribution in [0.4, 0.5) is 18.9 Å². The second-order valence-electron chi connectivity index (χ2n) is 5.20. The Morgan fingerprint density at radius 1 is 1.07 bits per heavy atom. The summed E-state index contributed by atoms with van der Waals surface area (Å²) >= 11 is 0. The number of nitrogens with one attached hydrogen (secondary N) is 1. The van der Waals surface area contributed by atoms with Crippen molar-refractivity contribution in [1.82, 2.24) is 9.97 Å². The highest BCUT2D eigenvalue weighted by Crippen LogP contribution is 2.34. The van der Waals surface area contributed by atoms with Gasteiger partial charge in [0.1, 0.15) is 5.58 Å². The molecule has 2 heterocycles. The zero-order valence-electron chi connectivity index (χ0n) is 13.1. The van der Waals surface area contributed by atoms with Crippen LogP contribution < -0.4 is 10.9 Å². The Morgan fingerprint density at radius 3 is 2.37 bits per heavy atom. The van der Waals surface area contributed by atoms with Gasteiger partial charge in [-0.1, -0.05) is 0 Å². The van der Waals surface area contributed by atoms with Crippen molar-refractivity contribution in [2.75, 3.05) is 5.32 Å². The lowest BCUT2D eigenvalue weighted by Gasteiger charge is -2.10. The molecule has 0 spiro atoms. The maximum Gasteiger partial charge on any atom is 0.417 e. The van der Waals surface area contributed by atoms with Crippen molar-refractivity contribution < 1.29 is 32.3 Å². The number of hydrogen-bond donors (Lipinski definition) is 2. The third-order valence-electron chi connectivity index (χ3n) is 3.42. The number of benzene rings is 1. The summed E-state index contributed by atoms with van der Waals surface area (Å²) in [4.78, 5) is 41.9. The minimum Gasteiger partial charge on any atom is -0.476 e. The zero-order chi connectivity index (χ0) is 19.8. The van der Waals surface area contributed by atoms with Crippen LogP contribution in [0.5, 0.6) is 0 Å². The lowest BCUT2D eigenvalue weighted by atomic mass is 10.1. The van der Waals surface area contributed by atoms with Gasteiger partial charge in [-0.25, -0.2) is 19.6 Å². The number of rotatable bonds is 3. The Kier molecular flexibility index (Phi) is 4.35. The number of hydrogen-bond acceptors (Lipinski definition) is 6. The van der Waals surface area contributed by atoms with Gasteiger partial charge < -0.3 is 14.8 Å². The standard InChI is InChI=1S/C16H8F3N3O5/c17-16(18,19)9-6-11(23)27-10-5-7(1-2-8(9)10)22-14(24)12-13(15(25)26)21-4-3-20-12/h1-6H,(H,22,24)(H,25,26). The Bertz CT molecular complexity index is 1120. The third kappa shape index (κ3) is 3.61. The smallest absolute Gasteiger partial charge is 0.417 e. The van der Waals surface area contributed by atoms with Crippen molar-refractivity contribution in [3.05, 3.63) is 64.0 Å². The van der Waals surface area contributed by atoms with E-state index in [1.807, 2.05) is 0 Å². The van der Waals surface area contributed by atoms with Gasteiger partial charge in [-0.05, 0) is 12.1 Å². The predicted octanol–water partition coefficient (Wildman–Crippen LogP) is 2.55. The summed E-state index contributed by atoms with van der Waals surface area (Å²) in [5.74, 6) is -2.43. The maximum atomic E-state index is 13.0. The SMILES string of the molecule is O=C(O)c1nccnc1C(=O)Nc1ccc2c(C(F)(F)F)cc(=O)oc2c1. The number of halogens is 3. The van der Waals surface area contributed by atoms with E-state index < -0.39 is 46.2 Å². The third-order valence-corrected chi connectivity index (χ3v) is 3.42. The Morgan fingerprint density at radius 2 is 1.74 bits per heavy atom. The molecule has 3 aromatic rings. The Labute approximate surface area is 147 Å². The van der Waals surface area contributed by atoms with Gasteiger partial charge in [0.05, 0.1) is 5.56 Å². The van der Waals surface area contributed by atoms with E-state index in [1.54, 1.807) is 0 Å². The highest BCUT2D eigenvalue weighted by atomic mass is 19.4. The van der Waals surface area contributed by atoms with Gasteiger partial charge in [0, 0.05) is 35.6 Å². The number of carbonyl (C=O) groups is 2. The molecule has 0 aliphatic heterocycles. The average molecular weight is 379 g/mol. The van der Waals surface area contributed by atoms with Crippen molar-refractivity contribution >= 4 is 28.5 Å². The first-order chi connectivity index (χ1) is 12.7. The highest BCUT2D eigenvalue weighted by Gasteiger charge is 2.33. The van der Waals surface area contributed by atoms with Crippen LogP contribution in [0, 0.1) is 0 Å². The molecule has 8 nitrogen and oxygen atoms in total. The van der Waals surface area contributed by atoms with Gasteiger partial charge in [0.25, 0.3) is 5.91 Å². The summed E-state index contributed by atoms with van der Waals surface area (Å²) in [6, 6.07) is 3.51. The number of carboxylic acids is 1. The molecule has 1 aromatic carbocycles. The fourth-order valence-electron chi connectivity index (χ4n) is 2.33. The maximum absolute atomic E-state index is 13.0. The summed E-state index contributed by atoms with van der Waals surface area (Å²) in [5, 5.41) is 10.9. The first kappa shape index (κ1) is 18.0. The van der Waals surface area contributed by atoms with Crippen LogP contribution in [0.25, 0.3) is 11.0 Å². The molecule has 138 valence electrons. The van der Waals surface area contributed by atoms with Crippen LogP contribution in [-0.4, -0.2) is 27.0 Å². The van der Waals surface area contributed by atoms with Gasteiger partial charge in [0.2, 0.25) is 0 Å². The summed E-state index contributed by atoms with van der Waals surface area (Å²) in [6.45, 7) is 0. The molecule has 0 saturated heterocycles. The average Bonchev–Trinajstić information content (AvgIpc) is 2.59. The number of carboxylic acid groups (broad SMARTS) is 1. The number of carbonyl (C=O) groups excluding carboxylic acids is 1. The second-order valence-corrected chi connectivity index (χ2v) is 5.20. The predicted molar refractivity (Wildman–Crippen MR) is 84.4 cm³/mol. The van der Waals surface area contributed by atoms with E-state index in [4.69, 9.17) is 9.52 Å². The molecule has 0 radical (unpaired) electrons. The molecule has 11 heteroatoms. The Hall–Kier alpha value is -3.76. The van der Waals surface area contributed by atoms with Crippen molar-refractivity contribution in [3.63, 3.8) is 0 Å². The monoisotopic (exact) mass is 379 g/mol. The number of amides is 1. The van der Waals surface area contributed by atoms with Crippen LogP contribution >= 0.6 is 0 Å². The fourth-order valence-corrected chi connectivity index (χ4v) is 2.33. The number of aromatic nitrogens is 2. The molecule has 1 amide bonds. The first-order valence-corrected chi connectivity index (χ1v) is 7.17. The second kappa shape index (κ2) is 6.52. The van der Waals surface area contributed by atoms with Crippen molar-refractivity contribution in [2.45, 2.75) is 6.18 Å². The molecule has 2 N–H and O–H groups in total. The Balaban J connectivity index is 2.01. The molecule has 0 aliphatic carbocycles. The summed E-state index contributed by atoms with van der Waals surface area (Å²) < 4.78 is 43.8. The lowest BCUT2D eigenvalue weighted by molar-refractivity contribution is -0.136. The van der Waals surface area contributed by atoms with Gasteiger partial charge >= 0.3 is 17.8 Å². The normalized spacial score (nSPS) is 11.4. The number of alkyl halides is 3. The van der Waals surface area contributed by atoms with Crippen LogP contribution in [-0.2, 0) is 6.18 Å². The van der Waals surface area contributed by atoms with E-state index in [0.29, 0.717) is 6.07 Å². The van der Waals surface area contributed by atoms with E-state index in [0.717, 1.165) is 30.6 Å². The first-order valence-electron chi connectivity index (χ1n) is 7.17. The minimum absolute atomic E-state index is 0.0306. The van der Waals surface area contributed by atoms with Gasteiger partial charge in [-0.3, -0.25) is 4.79 Å². The number of fused-ring (bicyclic) bond motifs is 1. The molecule has 0 fully saturated rings. The van der Waals surface area contributed by atoms with Gasteiger partial charge in [-0.2, -0.15) is 13.2 Å². The van der Waals surface area contributed by atoms with Crippen LogP contribution in [0.15, 0.2) is 45.9 Å². The molecule has 3 rings (SSSR count). The number of anilines is 1. The van der Waals surface area contributed by atoms with Crippen molar-refractivity contribution in [2.24, 2.45) is 0 Å². The quantitative estimate of drug-likeness (QED) is 0.671. The molecule has 0 unspecified atom stereocenters. The number of nitrogens with zero attached hydrogens (tertiary/aromatic N) is 2. The molecule has 27 heavy (non-hydrogen) atoms. The zero-order valence-corrected chi connectivity index (χ0v) is 13.1. The van der Waals surface area contributed by atoms with Crippen LogP contribution in [0.3, 0.4) is 0 Å². The minimum atomic E-state index is -4.77. The largest absolute Gasteiger partial charge is 0.476 e. The van der Waals surface area contributed by atoms with E-state index in [9.17, 15) is 27.6 Å².